The molecular weight excluding hydrogens is 350 g/mol. The second-order valence-corrected chi connectivity index (χ2v) is 6.86. The third-order valence-electron chi connectivity index (χ3n) is 3.12. The van der Waals surface area contributed by atoms with Crippen LogP contribution in [-0.2, 0) is 4.79 Å². The molecule has 2 aromatic rings. The third kappa shape index (κ3) is 4.32. The van der Waals surface area contributed by atoms with E-state index in [1.165, 1.54) is 0 Å². The lowest BCUT2D eigenvalue weighted by molar-refractivity contribution is -0.123. The van der Waals surface area contributed by atoms with Crippen LogP contribution in [0, 0.1) is 13.8 Å². The van der Waals surface area contributed by atoms with Crippen LogP contribution in [0.2, 0.25) is 0 Å². The highest BCUT2D eigenvalue weighted by Crippen LogP contribution is 2.27. The molecule has 1 N–H and O–H groups in total. The standard InChI is InChI=1S/C16H18BrNO2S/c1-10-7-13(17)8-11(2)16(10)20-9-15(19)18-12(3)14-5-4-6-21-14/h4-8,12H,9H2,1-3H3,(H,18,19). The summed E-state index contributed by atoms with van der Waals surface area (Å²) in [7, 11) is 0. The maximum Gasteiger partial charge on any atom is 0.258 e. The minimum Gasteiger partial charge on any atom is -0.483 e. The molecule has 2 rings (SSSR count). The normalized spacial score (nSPS) is 12.0. The van der Waals surface area contributed by atoms with Gasteiger partial charge >= 0.3 is 0 Å². The molecule has 1 aromatic heterocycles. The van der Waals surface area contributed by atoms with Crippen molar-refractivity contribution >= 4 is 33.2 Å². The zero-order chi connectivity index (χ0) is 15.4. The number of thiophene rings is 1. The third-order valence-corrected chi connectivity index (χ3v) is 4.63. The zero-order valence-corrected chi connectivity index (χ0v) is 14.7. The fourth-order valence-electron chi connectivity index (χ4n) is 2.15. The Hall–Kier alpha value is -1.33. The number of ether oxygens (including phenoxy) is 1. The van der Waals surface area contributed by atoms with E-state index in [0.717, 1.165) is 26.2 Å². The number of aryl methyl sites for hydroxylation is 2. The van der Waals surface area contributed by atoms with Gasteiger partial charge in [0.05, 0.1) is 6.04 Å². The van der Waals surface area contributed by atoms with Crippen LogP contribution in [0.25, 0.3) is 0 Å². The molecule has 1 amide bonds. The molecule has 0 aliphatic heterocycles. The first-order valence-corrected chi connectivity index (χ1v) is 8.37. The topological polar surface area (TPSA) is 38.3 Å². The summed E-state index contributed by atoms with van der Waals surface area (Å²) in [5.41, 5.74) is 2.03. The Labute approximate surface area is 137 Å². The number of hydrogen-bond acceptors (Lipinski definition) is 3. The Balaban J connectivity index is 1.93. The predicted octanol–water partition coefficient (Wildman–Crippen LogP) is 4.38. The first-order valence-electron chi connectivity index (χ1n) is 6.69. The molecule has 0 saturated carbocycles. The molecule has 1 heterocycles. The summed E-state index contributed by atoms with van der Waals surface area (Å²) < 4.78 is 6.69. The van der Waals surface area contributed by atoms with Gasteiger partial charge in [-0.15, -0.1) is 11.3 Å². The van der Waals surface area contributed by atoms with Crippen molar-refractivity contribution in [1.82, 2.24) is 5.32 Å². The van der Waals surface area contributed by atoms with E-state index in [1.54, 1.807) is 11.3 Å². The molecular formula is C16H18BrNO2S. The molecule has 0 spiro atoms. The highest BCUT2D eigenvalue weighted by atomic mass is 79.9. The fourth-order valence-corrected chi connectivity index (χ4v) is 3.58. The lowest BCUT2D eigenvalue weighted by Gasteiger charge is -2.15. The Morgan fingerprint density at radius 2 is 2.05 bits per heavy atom. The number of halogens is 1. The van der Waals surface area contributed by atoms with Gasteiger partial charge in [0.2, 0.25) is 0 Å². The summed E-state index contributed by atoms with van der Waals surface area (Å²) >= 11 is 5.08. The van der Waals surface area contributed by atoms with E-state index in [1.807, 2.05) is 50.4 Å². The number of amides is 1. The minimum absolute atomic E-state index is 0.00760. The molecule has 5 heteroatoms. The van der Waals surface area contributed by atoms with Crippen LogP contribution in [0.4, 0.5) is 0 Å². The van der Waals surface area contributed by atoms with Crippen LogP contribution in [0.3, 0.4) is 0 Å². The molecule has 21 heavy (non-hydrogen) atoms. The molecule has 0 bridgehead atoms. The summed E-state index contributed by atoms with van der Waals surface area (Å²) in [5.74, 6) is 0.662. The van der Waals surface area contributed by atoms with E-state index in [2.05, 4.69) is 21.2 Å². The van der Waals surface area contributed by atoms with Crippen molar-refractivity contribution in [3.05, 3.63) is 50.1 Å². The maximum atomic E-state index is 12.0. The summed E-state index contributed by atoms with van der Waals surface area (Å²) in [5, 5.41) is 4.94. The van der Waals surface area contributed by atoms with Crippen molar-refractivity contribution in [2.24, 2.45) is 0 Å². The zero-order valence-electron chi connectivity index (χ0n) is 12.3. The summed E-state index contributed by atoms with van der Waals surface area (Å²) in [4.78, 5) is 13.1. The number of carbonyl (C=O) groups is 1. The van der Waals surface area contributed by atoms with E-state index in [-0.39, 0.29) is 18.6 Å². The van der Waals surface area contributed by atoms with Gasteiger partial charge in [0.15, 0.2) is 6.61 Å². The Bertz CT molecular complexity index is 602. The van der Waals surface area contributed by atoms with Crippen LogP contribution in [0.5, 0.6) is 5.75 Å². The number of benzene rings is 1. The summed E-state index contributed by atoms with van der Waals surface area (Å²) in [6.45, 7) is 5.94. The van der Waals surface area contributed by atoms with Gasteiger partial charge in [-0.2, -0.15) is 0 Å². The molecule has 112 valence electrons. The van der Waals surface area contributed by atoms with E-state index in [4.69, 9.17) is 4.74 Å². The lowest BCUT2D eigenvalue weighted by Crippen LogP contribution is -2.31. The van der Waals surface area contributed by atoms with E-state index >= 15 is 0 Å². The Morgan fingerprint density at radius 1 is 1.38 bits per heavy atom. The second-order valence-electron chi connectivity index (χ2n) is 4.96. The number of nitrogens with one attached hydrogen (secondary N) is 1. The van der Waals surface area contributed by atoms with Gasteiger partial charge in [0.25, 0.3) is 5.91 Å². The first kappa shape index (κ1) is 16.0. The first-order chi connectivity index (χ1) is 9.97. The van der Waals surface area contributed by atoms with Crippen molar-refractivity contribution in [2.45, 2.75) is 26.8 Å². The van der Waals surface area contributed by atoms with Gasteiger partial charge in [-0.25, -0.2) is 0 Å². The SMILES string of the molecule is Cc1cc(Br)cc(C)c1OCC(=O)NC(C)c1cccs1. The maximum absolute atomic E-state index is 12.0. The van der Waals surface area contributed by atoms with Gasteiger partial charge in [0, 0.05) is 9.35 Å². The second kappa shape index (κ2) is 7.09. The van der Waals surface area contributed by atoms with Crippen molar-refractivity contribution in [3.8, 4) is 5.75 Å². The predicted molar refractivity (Wildman–Crippen MR) is 90.0 cm³/mol. The van der Waals surface area contributed by atoms with Gasteiger partial charge in [-0.1, -0.05) is 22.0 Å². The minimum atomic E-state index is -0.113. The van der Waals surface area contributed by atoms with Crippen molar-refractivity contribution in [1.29, 1.82) is 0 Å². The largest absolute Gasteiger partial charge is 0.483 e. The average Bonchev–Trinajstić information content (AvgIpc) is 2.91. The molecule has 1 aromatic carbocycles. The van der Waals surface area contributed by atoms with Gasteiger partial charge in [-0.3, -0.25) is 4.79 Å². The number of rotatable bonds is 5. The molecule has 1 unspecified atom stereocenters. The van der Waals surface area contributed by atoms with Crippen LogP contribution >= 0.6 is 27.3 Å². The molecule has 0 aliphatic rings. The highest BCUT2D eigenvalue weighted by molar-refractivity contribution is 9.10. The van der Waals surface area contributed by atoms with Crippen molar-refractivity contribution < 1.29 is 9.53 Å². The monoisotopic (exact) mass is 367 g/mol. The van der Waals surface area contributed by atoms with Crippen LogP contribution in [-0.4, -0.2) is 12.5 Å². The van der Waals surface area contributed by atoms with Gasteiger partial charge in [-0.05, 0) is 55.5 Å². The molecule has 0 radical (unpaired) electrons. The molecule has 1 atom stereocenters. The summed E-state index contributed by atoms with van der Waals surface area (Å²) in [6.07, 6.45) is 0. The number of carbonyl (C=O) groups excluding carboxylic acids is 1. The molecule has 0 fully saturated rings. The highest BCUT2D eigenvalue weighted by Gasteiger charge is 2.12. The van der Waals surface area contributed by atoms with Crippen molar-refractivity contribution in [3.63, 3.8) is 0 Å². The van der Waals surface area contributed by atoms with Crippen LogP contribution in [0.15, 0.2) is 34.1 Å². The quantitative estimate of drug-likeness (QED) is 0.851. The van der Waals surface area contributed by atoms with Crippen molar-refractivity contribution in [2.75, 3.05) is 6.61 Å². The summed E-state index contributed by atoms with van der Waals surface area (Å²) in [6, 6.07) is 7.96. The lowest BCUT2D eigenvalue weighted by atomic mass is 10.1. The van der Waals surface area contributed by atoms with Gasteiger partial charge in [0.1, 0.15) is 5.75 Å². The van der Waals surface area contributed by atoms with E-state index < -0.39 is 0 Å². The molecule has 3 nitrogen and oxygen atoms in total. The Morgan fingerprint density at radius 3 is 2.62 bits per heavy atom. The number of hydrogen-bond donors (Lipinski definition) is 1. The van der Waals surface area contributed by atoms with Gasteiger partial charge < -0.3 is 10.1 Å². The van der Waals surface area contributed by atoms with E-state index in [0.29, 0.717) is 0 Å². The van der Waals surface area contributed by atoms with Crippen LogP contribution < -0.4 is 10.1 Å². The molecule has 0 saturated heterocycles. The fraction of sp³-hybridized carbons (Fsp3) is 0.312. The smallest absolute Gasteiger partial charge is 0.258 e. The average molecular weight is 368 g/mol. The molecule has 0 aliphatic carbocycles. The van der Waals surface area contributed by atoms with E-state index in [9.17, 15) is 4.79 Å². The Kier molecular flexibility index (Phi) is 5.42. The van der Waals surface area contributed by atoms with Crippen LogP contribution in [0.1, 0.15) is 29.0 Å².